The van der Waals surface area contributed by atoms with Gasteiger partial charge in [0, 0.05) is 18.4 Å². The molecule has 0 bridgehead atoms. The monoisotopic (exact) mass is 309 g/mol. The average molecular weight is 309 g/mol. The highest BCUT2D eigenvalue weighted by Crippen LogP contribution is 2.28. The summed E-state index contributed by atoms with van der Waals surface area (Å²) in [5.74, 6) is 0.652. The number of methoxy groups -OCH3 is 1. The van der Waals surface area contributed by atoms with E-state index in [0.717, 1.165) is 16.3 Å². The number of hydrogen-bond donors (Lipinski definition) is 1. The molecule has 20 heavy (non-hydrogen) atoms. The third kappa shape index (κ3) is 3.59. The number of aromatic carboxylic acids is 1. The number of aromatic nitrogens is 1. The van der Waals surface area contributed by atoms with Crippen LogP contribution in [0.3, 0.4) is 0 Å². The van der Waals surface area contributed by atoms with Crippen LogP contribution in [0.5, 0.6) is 0 Å². The lowest BCUT2D eigenvalue weighted by molar-refractivity contribution is 0.0701. The summed E-state index contributed by atoms with van der Waals surface area (Å²) in [5, 5.41) is 9.79. The molecule has 0 radical (unpaired) electrons. The maximum Gasteiger partial charge on any atom is 0.347 e. The van der Waals surface area contributed by atoms with Gasteiger partial charge in [-0.15, -0.1) is 23.1 Å². The molecule has 6 heteroatoms. The van der Waals surface area contributed by atoms with E-state index in [-0.39, 0.29) is 0 Å². The van der Waals surface area contributed by atoms with E-state index in [1.54, 1.807) is 25.8 Å². The molecule has 106 valence electrons. The molecule has 0 aliphatic rings. The molecule has 0 saturated carbocycles. The SMILES string of the molecule is COCSCc1ccc(-c2nc(C)c(C(=O)O)s2)cc1. The molecule has 0 fully saturated rings. The number of rotatable bonds is 6. The Morgan fingerprint density at radius 2 is 2.10 bits per heavy atom. The third-order valence-electron chi connectivity index (χ3n) is 2.66. The van der Waals surface area contributed by atoms with Crippen LogP contribution >= 0.6 is 23.1 Å². The molecular formula is C14H15NO3S2. The topological polar surface area (TPSA) is 59.4 Å². The first-order chi connectivity index (χ1) is 9.61. The number of carboxylic acids is 1. The van der Waals surface area contributed by atoms with E-state index >= 15 is 0 Å². The largest absolute Gasteiger partial charge is 0.477 e. The molecule has 2 rings (SSSR count). The molecule has 0 aliphatic heterocycles. The maximum atomic E-state index is 11.0. The van der Waals surface area contributed by atoms with Crippen molar-refractivity contribution >= 4 is 29.1 Å². The van der Waals surface area contributed by atoms with Crippen molar-refractivity contribution in [3.63, 3.8) is 0 Å². The zero-order valence-electron chi connectivity index (χ0n) is 11.3. The average Bonchev–Trinajstić information content (AvgIpc) is 2.82. The van der Waals surface area contributed by atoms with E-state index in [1.165, 1.54) is 16.9 Å². The second-order valence-corrected chi connectivity index (χ2v) is 6.12. The molecule has 1 heterocycles. The Kier molecular flexibility index (Phi) is 5.17. The number of ether oxygens (including phenoxy) is 1. The highest BCUT2D eigenvalue weighted by molar-refractivity contribution is 7.98. The molecule has 1 aromatic heterocycles. The van der Waals surface area contributed by atoms with Gasteiger partial charge in [0.15, 0.2) is 0 Å². The Hall–Kier alpha value is -1.37. The van der Waals surface area contributed by atoms with Gasteiger partial charge < -0.3 is 9.84 Å². The van der Waals surface area contributed by atoms with Crippen molar-refractivity contribution in [1.82, 2.24) is 4.98 Å². The fourth-order valence-corrected chi connectivity index (χ4v) is 3.29. The van der Waals surface area contributed by atoms with Gasteiger partial charge >= 0.3 is 5.97 Å². The molecule has 0 saturated heterocycles. The number of hydrogen-bond acceptors (Lipinski definition) is 5. The Labute approximate surface area is 125 Å². The smallest absolute Gasteiger partial charge is 0.347 e. The summed E-state index contributed by atoms with van der Waals surface area (Å²) in [4.78, 5) is 15.6. The van der Waals surface area contributed by atoms with E-state index in [0.29, 0.717) is 16.5 Å². The van der Waals surface area contributed by atoms with Crippen molar-refractivity contribution in [3.8, 4) is 10.6 Å². The summed E-state index contributed by atoms with van der Waals surface area (Å²) < 4.78 is 4.99. The van der Waals surface area contributed by atoms with Gasteiger partial charge in [0.1, 0.15) is 9.88 Å². The molecule has 0 unspecified atom stereocenters. The van der Waals surface area contributed by atoms with Crippen LogP contribution in [0.1, 0.15) is 20.9 Å². The maximum absolute atomic E-state index is 11.0. The zero-order valence-corrected chi connectivity index (χ0v) is 12.9. The molecule has 0 atom stereocenters. The van der Waals surface area contributed by atoms with Gasteiger partial charge in [-0.25, -0.2) is 9.78 Å². The number of thiazole rings is 1. The molecule has 0 aliphatic carbocycles. The van der Waals surface area contributed by atoms with E-state index in [4.69, 9.17) is 9.84 Å². The van der Waals surface area contributed by atoms with E-state index in [2.05, 4.69) is 4.98 Å². The van der Waals surface area contributed by atoms with Gasteiger partial charge in [0.05, 0.1) is 11.6 Å². The molecular weight excluding hydrogens is 294 g/mol. The highest BCUT2D eigenvalue weighted by atomic mass is 32.2. The van der Waals surface area contributed by atoms with E-state index in [1.807, 2.05) is 24.3 Å². The quantitative estimate of drug-likeness (QED) is 0.652. The van der Waals surface area contributed by atoms with Crippen LogP contribution in [0.4, 0.5) is 0 Å². The number of benzene rings is 1. The summed E-state index contributed by atoms with van der Waals surface area (Å²) in [5.41, 5.74) is 2.73. The van der Waals surface area contributed by atoms with Crippen LogP contribution in [-0.4, -0.2) is 29.1 Å². The number of thioether (sulfide) groups is 1. The van der Waals surface area contributed by atoms with E-state index < -0.39 is 5.97 Å². The van der Waals surface area contributed by atoms with Gasteiger partial charge in [-0.05, 0) is 12.5 Å². The molecule has 4 nitrogen and oxygen atoms in total. The lowest BCUT2D eigenvalue weighted by Crippen LogP contribution is -1.94. The first-order valence-electron chi connectivity index (χ1n) is 5.98. The minimum atomic E-state index is -0.918. The summed E-state index contributed by atoms with van der Waals surface area (Å²) >= 11 is 2.92. The number of carbonyl (C=O) groups is 1. The van der Waals surface area contributed by atoms with Gasteiger partial charge in [0.25, 0.3) is 0 Å². The van der Waals surface area contributed by atoms with Crippen LogP contribution in [0.2, 0.25) is 0 Å². The van der Waals surface area contributed by atoms with Crippen LogP contribution in [0.25, 0.3) is 10.6 Å². The number of nitrogens with zero attached hydrogens (tertiary/aromatic N) is 1. The zero-order chi connectivity index (χ0) is 14.5. The fraction of sp³-hybridized carbons (Fsp3) is 0.286. The first-order valence-corrected chi connectivity index (χ1v) is 7.95. The lowest BCUT2D eigenvalue weighted by Gasteiger charge is -2.02. The van der Waals surface area contributed by atoms with Crippen LogP contribution in [-0.2, 0) is 10.5 Å². The van der Waals surface area contributed by atoms with Crippen LogP contribution in [0.15, 0.2) is 24.3 Å². The minimum absolute atomic E-state index is 0.305. The first kappa shape index (κ1) is 15.0. The van der Waals surface area contributed by atoms with Gasteiger partial charge in [-0.1, -0.05) is 24.3 Å². The van der Waals surface area contributed by atoms with Crippen molar-refractivity contribution in [3.05, 3.63) is 40.4 Å². The van der Waals surface area contributed by atoms with Crippen molar-refractivity contribution in [2.75, 3.05) is 13.0 Å². The van der Waals surface area contributed by atoms with E-state index in [9.17, 15) is 4.79 Å². The summed E-state index contributed by atoms with van der Waals surface area (Å²) in [6, 6.07) is 8.03. The summed E-state index contributed by atoms with van der Waals surface area (Å²) in [6.45, 7) is 1.72. The standard InChI is InChI=1S/C14H15NO3S2/c1-9-12(14(16)17)20-13(15-9)11-5-3-10(4-6-11)7-19-8-18-2/h3-6H,7-8H2,1-2H3,(H,16,17). The van der Waals surface area contributed by atoms with Crippen molar-refractivity contribution < 1.29 is 14.6 Å². The van der Waals surface area contributed by atoms with Gasteiger partial charge in [-0.3, -0.25) is 0 Å². The Morgan fingerprint density at radius 3 is 2.65 bits per heavy atom. The Morgan fingerprint density at radius 1 is 1.40 bits per heavy atom. The molecule has 0 spiro atoms. The van der Waals surface area contributed by atoms with Crippen molar-refractivity contribution in [2.45, 2.75) is 12.7 Å². The predicted octanol–water partition coefficient (Wildman–Crippen LogP) is 3.65. The molecule has 1 N–H and O–H groups in total. The number of aryl methyl sites for hydroxylation is 1. The molecule has 1 aromatic carbocycles. The highest BCUT2D eigenvalue weighted by Gasteiger charge is 2.14. The summed E-state index contributed by atoms with van der Waals surface area (Å²) in [6.07, 6.45) is 0. The van der Waals surface area contributed by atoms with Gasteiger partial charge in [-0.2, -0.15) is 0 Å². The van der Waals surface area contributed by atoms with Crippen LogP contribution in [0, 0.1) is 6.92 Å². The fourth-order valence-electron chi connectivity index (χ4n) is 1.70. The normalized spacial score (nSPS) is 10.7. The van der Waals surface area contributed by atoms with Crippen LogP contribution < -0.4 is 0 Å². The predicted molar refractivity (Wildman–Crippen MR) is 82.4 cm³/mol. The second-order valence-electron chi connectivity index (χ2n) is 4.19. The van der Waals surface area contributed by atoms with Gasteiger partial charge in [0.2, 0.25) is 0 Å². The Bertz CT molecular complexity index is 593. The lowest BCUT2D eigenvalue weighted by atomic mass is 10.2. The summed E-state index contributed by atoms with van der Waals surface area (Å²) in [7, 11) is 1.68. The minimum Gasteiger partial charge on any atom is -0.477 e. The molecule has 0 amide bonds. The Balaban J connectivity index is 2.13. The number of carboxylic acid groups (broad SMARTS) is 1. The van der Waals surface area contributed by atoms with Crippen molar-refractivity contribution in [2.24, 2.45) is 0 Å². The third-order valence-corrected chi connectivity index (χ3v) is 4.80. The molecule has 2 aromatic rings. The second kappa shape index (κ2) is 6.88. The van der Waals surface area contributed by atoms with Crippen molar-refractivity contribution in [1.29, 1.82) is 0 Å².